The summed E-state index contributed by atoms with van der Waals surface area (Å²) in [6.45, 7) is 12.6. The van der Waals surface area contributed by atoms with Crippen LogP contribution in [0, 0.1) is 34.5 Å². The first kappa shape index (κ1) is 24.1. The summed E-state index contributed by atoms with van der Waals surface area (Å²) in [4.78, 5) is 2.62. The summed E-state index contributed by atoms with van der Waals surface area (Å²) in [5.74, 6) is 3.90. The Morgan fingerprint density at radius 3 is 2.61 bits per heavy atom. The van der Waals surface area contributed by atoms with E-state index in [0.717, 1.165) is 30.3 Å². The van der Waals surface area contributed by atoms with Gasteiger partial charge in [0.2, 0.25) is 0 Å². The Balaban J connectivity index is 0.00000231. The van der Waals surface area contributed by atoms with Crippen LogP contribution in [-0.2, 0) is 4.74 Å². The van der Waals surface area contributed by atoms with Crippen LogP contribution < -0.4 is 0 Å². The molecule has 4 aliphatic carbocycles. The second kappa shape index (κ2) is 9.67. The molecule has 178 valence electrons. The van der Waals surface area contributed by atoms with Crippen LogP contribution in [0.2, 0.25) is 0 Å². The summed E-state index contributed by atoms with van der Waals surface area (Å²) in [5.41, 5.74) is 2.91. The molecule has 0 aromatic heterocycles. The Morgan fingerprint density at radius 2 is 1.84 bits per heavy atom. The van der Waals surface area contributed by atoms with Crippen LogP contribution in [-0.4, -0.2) is 37.2 Å². The lowest BCUT2D eigenvalue weighted by Gasteiger charge is -2.58. The van der Waals surface area contributed by atoms with Gasteiger partial charge in [0.15, 0.2) is 0 Å². The molecular weight excluding hydrogens is 402 g/mol. The van der Waals surface area contributed by atoms with E-state index in [0.29, 0.717) is 16.9 Å². The van der Waals surface area contributed by atoms with Crippen molar-refractivity contribution in [3.05, 3.63) is 11.6 Å². The highest BCUT2D eigenvalue weighted by molar-refractivity contribution is 5.85. The van der Waals surface area contributed by atoms with Gasteiger partial charge in [-0.25, -0.2) is 0 Å². The fourth-order valence-electron chi connectivity index (χ4n) is 9.09. The van der Waals surface area contributed by atoms with E-state index in [4.69, 9.17) is 4.74 Å². The minimum Gasteiger partial charge on any atom is -0.378 e. The molecule has 0 aromatic rings. The van der Waals surface area contributed by atoms with Crippen LogP contribution in [0.1, 0.15) is 97.8 Å². The Bertz CT molecular complexity index is 643. The predicted molar refractivity (Wildman–Crippen MR) is 133 cm³/mol. The molecule has 0 N–H and O–H groups in total. The topological polar surface area (TPSA) is 12.5 Å². The van der Waals surface area contributed by atoms with Crippen LogP contribution in [0.25, 0.3) is 0 Å². The molecule has 4 fully saturated rings. The Labute approximate surface area is 198 Å². The molecule has 1 aliphatic heterocycles. The van der Waals surface area contributed by atoms with Gasteiger partial charge in [-0.3, -0.25) is 0 Å². The van der Waals surface area contributed by atoms with Gasteiger partial charge in [-0.15, -0.1) is 12.4 Å². The third-order valence-electron chi connectivity index (χ3n) is 10.9. The van der Waals surface area contributed by atoms with Gasteiger partial charge >= 0.3 is 0 Å². The minimum absolute atomic E-state index is 0. The van der Waals surface area contributed by atoms with E-state index in [1.54, 1.807) is 5.57 Å². The lowest BCUT2D eigenvalue weighted by Crippen LogP contribution is -2.50. The first-order valence-electron chi connectivity index (χ1n) is 13.6. The van der Waals surface area contributed by atoms with Crippen LogP contribution >= 0.6 is 12.4 Å². The molecule has 0 unspecified atom stereocenters. The molecule has 0 spiro atoms. The summed E-state index contributed by atoms with van der Waals surface area (Å²) in [6.07, 6.45) is 19.9. The van der Waals surface area contributed by atoms with Crippen LogP contribution in [0.3, 0.4) is 0 Å². The van der Waals surface area contributed by atoms with E-state index in [1.165, 1.54) is 96.7 Å². The number of fused-ring (bicyclic) bond motifs is 5. The monoisotopic (exact) mass is 449 g/mol. The first-order valence-corrected chi connectivity index (χ1v) is 13.6. The molecule has 7 atom stereocenters. The van der Waals surface area contributed by atoms with Crippen molar-refractivity contribution in [3.63, 3.8) is 0 Å². The van der Waals surface area contributed by atoms with E-state index >= 15 is 0 Å². The van der Waals surface area contributed by atoms with Crippen molar-refractivity contribution < 1.29 is 4.74 Å². The van der Waals surface area contributed by atoms with E-state index in [1.807, 2.05) is 0 Å². The predicted octanol–water partition coefficient (Wildman–Crippen LogP) is 7.27. The van der Waals surface area contributed by atoms with Gasteiger partial charge in [0.05, 0.1) is 6.10 Å². The minimum atomic E-state index is 0. The number of ether oxygens (including phenoxy) is 1. The molecule has 0 aromatic carbocycles. The SMILES string of the molecule is CC[C@H]1CC[C@H]2[C@@H]3CC=C4C[C@@H](OCCCN5CCCC5)CC[C@]4(C)[C@H]3CC[C@]12C.Cl. The van der Waals surface area contributed by atoms with Gasteiger partial charge < -0.3 is 9.64 Å². The lowest BCUT2D eigenvalue weighted by atomic mass is 9.47. The second-order valence-corrected chi connectivity index (χ2v) is 12.1. The standard InChI is InChI=1S/C28H47NO.ClH/c1-4-21-9-11-25-24-10-8-22-20-23(30-19-7-18-29-16-5-6-17-29)12-14-28(22,3)26(24)13-15-27(21,25)2;/h8,21,23-26H,4-7,9-20H2,1-3H3;1H/t21-,23-,24-,25-,26-,27+,28-;/m0./s1. The number of halogens is 1. The molecule has 3 saturated carbocycles. The van der Waals surface area contributed by atoms with Crippen molar-refractivity contribution in [2.45, 2.75) is 104 Å². The number of rotatable bonds is 6. The fraction of sp³-hybridized carbons (Fsp3) is 0.929. The van der Waals surface area contributed by atoms with Crippen LogP contribution in [0.15, 0.2) is 11.6 Å². The fourth-order valence-corrected chi connectivity index (χ4v) is 9.09. The lowest BCUT2D eigenvalue weighted by molar-refractivity contribution is -0.0585. The van der Waals surface area contributed by atoms with Gasteiger partial charge in [-0.05, 0) is 118 Å². The zero-order valence-electron chi connectivity index (χ0n) is 20.5. The van der Waals surface area contributed by atoms with Crippen molar-refractivity contribution in [1.82, 2.24) is 4.90 Å². The molecule has 0 radical (unpaired) electrons. The van der Waals surface area contributed by atoms with E-state index in [-0.39, 0.29) is 12.4 Å². The maximum Gasteiger partial charge on any atom is 0.0612 e. The average Bonchev–Trinajstić information content (AvgIpc) is 3.38. The zero-order valence-corrected chi connectivity index (χ0v) is 21.4. The molecule has 31 heavy (non-hydrogen) atoms. The molecule has 5 aliphatic rings. The number of allylic oxidation sites excluding steroid dienone is 1. The molecule has 1 heterocycles. The highest BCUT2D eigenvalue weighted by atomic mass is 35.5. The maximum absolute atomic E-state index is 6.42. The van der Waals surface area contributed by atoms with Crippen LogP contribution in [0.5, 0.6) is 0 Å². The second-order valence-electron chi connectivity index (χ2n) is 12.1. The third-order valence-corrected chi connectivity index (χ3v) is 10.9. The maximum atomic E-state index is 6.42. The molecule has 3 heteroatoms. The average molecular weight is 450 g/mol. The van der Waals surface area contributed by atoms with Gasteiger partial charge in [-0.2, -0.15) is 0 Å². The van der Waals surface area contributed by atoms with Gasteiger partial charge in [-0.1, -0.05) is 38.8 Å². The van der Waals surface area contributed by atoms with Crippen LogP contribution in [0.4, 0.5) is 0 Å². The third kappa shape index (κ3) is 4.28. The molecule has 2 nitrogen and oxygen atoms in total. The van der Waals surface area contributed by atoms with E-state index < -0.39 is 0 Å². The molecule has 0 amide bonds. The van der Waals surface area contributed by atoms with Crippen molar-refractivity contribution in [2.75, 3.05) is 26.2 Å². The highest BCUT2D eigenvalue weighted by Crippen LogP contribution is 2.66. The quantitative estimate of drug-likeness (QED) is 0.312. The normalized spacial score (nSPS) is 44.7. The number of hydrogen-bond donors (Lipinski definition) is 0. The summed E-state index contributed by atoms with van der Waals surface area (Å²) in [6, 6.07) is 0. The molecule has 1 saturated heterocycles. The first-order chi connectivity index (χ1) is 14.5. The number of hydrogen-bond acceptors (Lipinski definition) is 2. The zero-order chi connectivity index (χ0) is 20.8. The van der Waals surface area contributed by atoms with E-state index in [9.17, 15) is 0 Å². The van der Waals surface area contributed by atoms with E-state index in [2.05, 4.69) is 31.7 Å². The van der Waals surface area contributed by atoms with Crippen molar-refractivity contribution >= 4 is 12.4 Å². The Hall–Kier alpha value is -0.0500. The summed E-state index contributed by atoms with van der Waals surface area (Å²) < 4.78 is 6.42. The van der Waals surface area contributed by atoms with Crippen molar-refractivity contribution in [3.8, 4) is 0 Å². The van der Waals surface area contributed by atoms with Gasteiger partial charge in [0.1, 0.15) is 0 Å². The van der Waals surface area contributed by atoms with Crippen molar-refractivity contribution in [1.29, 1.82) is 0 Å². The number of nitrogens with zero attached hydrogens (tertiary/aromatic N) is 1. The molecule has 0 bridgehead atoms. The molecular formula is C28H48ClNO. The molecule has 5 rings (SSSR count). The Kier molecular flexibility index (Phi) is 7.51. The van der Waals surface area contributed by atoms with Gasteiger partial charge in [0.25, 0.3) is 0 Å². The van der Waals surface area contributed by atoms with Crippen molar-refractivity contribution in [2.24, 2.45) is 34.5 Å². The van der Waals surface area contributed by atoms with Gasteiger partial charge in [0, 0.05) is 13.2 Å². The summed E-state index contributed by atoms with van der Waals surface area (Å²) in [5, 5.41) is 0. The largest absolute Gasteiger partial charge is 0.378 e. The summed E-state index contributed by atoms with van der Waals surface area (Å²) >= 11 is 0. The number of likely N-dealkylation sites (tertiary alicyclic amines) is 1. The summed E-state index contributed by atoms with van der Waals surface area (Å²) in [7, 11) is 0. The Morgan fingerprint density at radius 1 is 1.03 bits per heavy atom. The highest BCUT2D eigenvalue weighted by Gasteiger charge is 2.58. The smallest absolute Gasteiger partial charge is 0.0612 e.